The van der Waals surface area contributed by atoms with Crippen LogP contribution in [0.15, 0.2) is 42.9 Å². The van der Waals surface area contributed by atoms with Crippen molar-refractivity contribution < 1.29 is 0 Å². The molecule has 3 aromatic rings. The number of nitriles is 1. The zero-order valence-corrected chi connectivity index (χ0v) is 14.5. The number of nitrogens with one attached hydrogen (secondary N) is 1. The highest BCUT2D eigenvalue weighted by atomic mass is 15.3. The number of nitrogens with zero attached hydrogens (tertiary/aromatic N) is 5. The van der Waals surface area contributed by atoms with Gasteiger partial charge in [0.1, 0.15) is 11.8 Å². The van der Waals surface area contributed by atoms with Crippen LogP contribution < -0.4 is 11.1 Å². The van der Waals surface area contributed by atoms with Gasteiger partial charge in [-0.3, -0.25) is 4.90 Å². The molecule has 7 nitrogen and oxygen atoms in total. The summed E-state index contributed by atoms with van der Waals surface area (Å²) in [5, 5.41) is 16.7. The van der Waals surface area contributed by atoms with E-state index in [1.807, 2.05) is 28.9 Å². The lowest BCUT2D eigenvalue weighted by atomic mass is 10.1. The average Bonchev–Trinajstić information content (AvgIpc) is 3.08. The van der Waals surface area contributed by atoms with Crippen LogP contribution in [0, 0.1) is 11.3 Å². The quantitative estimate of drug-likeness (QED) is 0.752. The number of nitrogens with two attached hydrogens (primary N) is 1. The van der Waals surface area contributed by atoms with Gasteiger partial charge in [0.25, 0.3) is 0 Å². The molecular weight excluding hydrogens is 326 g/mol. The molecule has 0 unspecified atom stereocenters. The van der Waals surface area contributed by atoms with Gasteiger partial charge in [0.2, 0.25) is 0 Å². The fourth-order valence-electron chi connectivity index (χ4n) is 3.39. The Morgan fingerprint density at radius 2 is 2.12 bits per heavy atom. The minimum atomic E-state index is 0.324. The second kappa shape index (κ2) is 7.12. The summed E-state index contributed by atoms with van der Waals surface area (Å²) in [4.78, 5) is 6.85. The first-order valence-electron chi connectivity index (χ1n) is 8.79. The number of rotatable bonds is 4. The Hall–Kier alpha value is -2.95. The summed E-state index contributed by atoms with van der Waals surface area (Å²) >= 11 is 0. The van der Waals surface area contributed by atoms with Crippen LogP contribution in [0.25, 0.3) is 5.52 Å². The molecule has 0 radical (unpaired) electrons. The summed E-state index contributed by atoms with van der Waals surface area (Å²) in [5.41, 5.74) is 9.60. The molecule has 1 saturated heterocycles. The molecule has 7 heteroatoms. The van der Waals surface area contributed by atoms with Gasteiger partial charge in [-0.05, 0) is 55.8 Å². The minimum Gasteiger partial charge on any atom is -0.338 e. The van der Waals surface area contributed by atoms with E-state index in [9.17, 15) is 0 Å². The van der Waals surface area contributed by atoms with E-state index >= 15 is 0 Å². The molecule has 26 heavy (non-hydrogen) atoms. The van der Waals surface area contributed by atoms with Gasteiger partial charge in [0.05, 0.1) is 11.6 Å². The first-order chi connectivity index (χ1) is 12.7. The predicted octanol–water partition coefficient (Wildman–Crippen LogP) is 2.27. The van der Waals surface area contributed by atoms with Crippen molar-refractivity contribution in [3.63, 3.8) is 0 Å². The van der Waals surface area contributed by atoms with E-state index in [1.165, 1.54) is 11.9 Å². The molecule has 0 bridgehead atoms. The van der Waals surface area contributed by atoms with Gasteiger partial charge >= 0.3 is 0 Å². The lowest BCUT2D eigenvalue weighted by Gasteiger charge is -2.29. The highest BCUT2D eigenvalue weighted by Gasteiger charge is 2.18. The van der Waals surface area contributed by atoms with Crippen LogP contribution in [0.5, 0.6) is 0 Å². The Labute approximate surface area is 152 Å². The number of aromatic nitrogens is 3. The Kier molecular flexibility index (Phi) is 4.52. The van der Waals surface area contributed by atoms with Crippen LogP contribution in [-0.4, -0.2) is 38.6 Å². The second-order valence-electron chi connectivity index (χ2n) is 6.67. The van der Waals surface area contributed by atoms with Crippen molar-refractivity contribution in [3.8, 4) is 6.07 Å². The van der Waals surface area contributed by atoms with Gasteiger partial charge in [-0.1, -0.05) is 6.07 Å². The smallest absolute Gasteiger partial charge is 0.158 e. The molecule has 3 N–H and O–H groups in total. The zero-order chi connectivity index (χ0) is 17.9. The largest absolute Gasteiger partial charge is 0.338 e. The van der Waals surface area contributed by atoms with Crippen LogP contribution in [-0.2, 0) is 6.54 Å². The maximum Gasteiger partial charge on any atom is 0.158 e. The third-order valence-electron chi connectivity index (χ3n) is 4.82. The Bertz CT molecular complexity index is 948. The van der Waals surface area contributed by atoms with E-state index in [2.05, 4.69) is 32.4 Å². The van der Waals surface area contributed by atoms with Gasteiger partial charge in [-0.15, -0.1) is 0 Å². The molecule has 0 spiro atoms. The summed E-state index contributed by atoms with van der Waals surface area (Å²) in [6.45, 7) is 2.88. The molecule has 0 amide bonds. The summed E-state index contributed by atoms with van der Waals surface area (Å²) in [5.74, 6) is 0.740. The number of benzene rings is 1. The molecule has 1 aliphatic heterocycles. The monoisotopic (exact) mass is 347 g/mol. The highest BCUT2D eigenvalue weighted by molar-refractivity contribution is 5.76. The van der Waals surface area contributed by atoms with E-state index in [0.717, 1.165) is 49.5 Å². The molecule has 0 aliphatic carbocycles. The Balaban J connectivity index is 1.63. The molecule has 0 saturated carbocycles. The number of likely N-dealkylation sites (tertiary alicyclic amines) is 1. The Morgan fingerprint density at radius 1 is 1.27 bits per heavy atom. The third kappa shape index (κ3) is 3.38. The van der Waals surface area contributed by atoms with Gasteiger partial charge < -0.3 is 11.1 Å². The average molecular weight is 347 g/mol. The fraction of sp³-hybridized carbons (Fsp3) is 0.316. The van der Waals surface area contributed by atoms with Crippen molar-refractivity contribution in [2.45, 2.75) is 25.4 Å². The second-order valence-corrected chi connectivity index (χ2v) is 6.67. The van der Waals surface area contributed by atoms with Gasteiger partial charge in [-0.25, -0.2) is 9.50 Å². The van der Waals surface area contributed by atoms with E-state index in [1.54, 1.807) is 6.07 Å². The maximum atomic E-state index is 9.09. The first kappa shape index (κ1) is 16.5. The zero-order valence-electron chi connectivity index (χ0n) is 14.5. The number of hydrogen-bond donors (Lipinski definition) is 2. The fourth-order valence-corrected chi connectivity index (χ4v) is 3.39. The number of hydrogen-bond acceptors (Lipinski definition) is 6. The predicted molar refractivity (Wildman–Crippen MR) is 99.9 cm³/mol. The molecule has 4 rings (SSSR count). The minimum absolute atomic E-state index is 0.324. The van der Waals surface area contributed by atoms with E-state index in [0.29, 0.717) is 11.6 Å². The van der Waals surface area contributed by atoms with Crippen molar-refractivity contribution in [3.05, 3.63) is 54.0 Å². The van der Waals surface area contributed by atoms with Crippen molar-refractivity contribution in [2.75, 3.05) is 18.4 Å². The molecule has 132 valence electrons. The van der Waals surface area contributed by atoms with E-state index in [4.69, 9.17) is 11.0 Å². The summed E-state index contributed by atoms with van der Waals surface area (Å²) in [7, 11) is 0. The van der Waals surface area contributed by atoms with Crippen molar-refractivity contribution in [2.24, 2.45) is 5.73 Å². The standard InChI is InChI=1S/C19H21N7/c20-11-14-2-1-3-17(10-14)24-19-18-15(4-9-26(18)23-13-22-19)12-25-7-5-16(21)6-8-25/h1-4,9-10,13,16H,5-8,12,21H2,(H,22,23,24). The molecule has 1 aromatic carbocycles. The summed E-state index contributed by atoms with van der Waals surface area (Å²) < 4.78 is 1.84. The lowest BCUT2D eigenvalue weighted by Crippen LogP contribution is -2.39. The van der Waals surface area contributed by atoms with Gasteiger partial charge in [-0.2, -0.15) is 10.4 Å². The number of anilines is 2. The molecular formula is C19H21N7. The topological polar surface area (TPSA) is 95.3 Å². The van der Waals surface area contributed by atoms with Crippen LogP contribution in [0.2, 0.25) is 0 Å². The maximum absolute atomic E-state index is 9.09. The molecule has 1 fully saturated rings. The lowest BCUT2D eigenvalue weighted by molar-refractivity contribution is 0.206. The normalized spacial score (nSPS) is 15.8. The van der Waals surface area contributed by atoms with Crippen LogP contribution in [0.3, 0.4) is 0 Å². The molecule has 0 atom stereocenters. The summed E-state index contributed by atoms with van der Waals surface area (Å²) in [6.07, 6.45) is 5.56. The highest BCUT2D eigenvalue weighted by Crippen LogP contribution is 2.25. The molecule has 3 heterocycles. The van der Waals surface area contributed by atoms with E-state index < -0.39 is 0 Å². The number of fused-ring (bicyclic) bond motifs is 1. The van der Waals surface area contributed by atoms with Crippen molar-refractivity contribution in [1.29, 1.82) is 5.26 Å². The van der Waals surface area contributed by atoms with Crippen molar-refractivity contribution in [1.82, 2.24) is 19.5 Å². The van der Waals surface area contributed by atoms with Crippen LogP contribution >= 0.6 is 0 Å². The SMILES string of the molecule is N#Cc1cccc(Nc2ncnn3ccc(CN4CCC(N)CC4)c23)c1. The van der Waals surface area contributed by atoms with Gasteiger partial charge in [0, 0.05) is 24.5 Å². The third-order valence-corrected chi connectivity index (χ3v) is 4.82. The number of piperidine rings is 1. The molecule has 2 aromatic heterocycles. The molecule has 1 aliphatic rings. The summed E-state index contributed by atoms with van der Waals surface area (Å²) in [6, 6.07) is 12.0. The van der Waals surface area contributed by atoms with Crippen LogP contribution in [0.4, 0.5) is 11.5 Å². The Morgan fingerprint density at radius 3 is 2.92 bits per heavy atom. The van der Waals surface area contributed by atoms with Gasteiger partial charge in [0.15, 0.2) is 5.82 Å². The first-order valence-corrected chi connectivity index (χ1v) is 8.79. The van der Waals surface area contributed by atoms with E-state index in [-0.39, 0.29) is 0 Å². The van der Waals surface area contributed by atoms with Crippen LogP contribution in [0.1, 0.15) is 24.0 Å². The van der Waals surface area contributed by atoms with Crippen molar-refractivity contribution >= 4 is 17.0 Å².